The van der Waals surface area contributed by atoms with Gasteiger partial charge in [0.05, 0.1) is 5.56 Å². The number of carbonyl (C=O) groups excluding carboxylic acids is 2. The van der Waals surface area contributed by atoms with E-state index in [1.54, 1.807) is 13.0 Å². The first kappa shape index (κ1) is 23.7. The molecule has 0 fully saturated rings. The molecule has 4 rings (SSSR count). The van der Waals surface area contributed by atoms with Crippen molar-refractivity contribution in [2.24, 2.45) is 0 Å². The number of halogens is 1. The number of alkyl carbamates (subject to hydrolysis) is 1. The summed E-state index contributed by atoms with van der Waals surface area (Å²) in [6.07, 6.45) is -0.581. The van der Waals surface area contributed by atoms with Crippen molar-refractivity contribution in [3.05, 3.63) is 87.0 Å². The van der Waals surface area contributed by atoms with Crippen molar-refractivity contribution in [2.75, 3.05) is 11.9 Å². The molecule has 3 N–H and O–H groups in total. The Morgan fingerprint density at radius 1 is 1.00 bits per heavy atom. The Morgan fingerprint density at radius 2 is 1.62 bits per heavy atom. The van der Waals surface area contributed by atoms with Gasteiger partial charge in [0.25, 0.3) is 0 Å². The van der Waals surface area contributed by atoms with Gasteiger partial charge in [0.1, 0.15) is 6.61 Å². The smallest absolute Gasteiger partial charge is 0.407 e. The standard InChI is InChI=1S/C26H23IN2O5/c1-15(10-24(30)29-18-12-16(25(31)32)11-17(27)13-18)28-26(33)34-14-23-21-8-4-2-6-19(21)20-7-3-5-9-22(20)23/h2-9,11-13,15,23H,10,14H2,1H3,(H,28,33)(H,29,30)(H,31,32). The van der Waals surface area contributed by atoms with Crippen molar-refractivity contribution in [3.63, 3.8) is 0 Å². The summed E-state index contributed by atoms with van der Waals surface area (Å²) < 4.78 is 6.21. The third-order valence-corrected chi connectivity index (χ3v) is 6.25. The van der Waals surface area contributed by atoms with Gasteiger partial charge in [0.15, 0.2) is 0 Å². The fourth-order valence-electron chi connectivity index (χ4n) is 4.17. The second kappa shape index (κ2) is 10.3. The summed E-state index contributed by atoms with van der Waals surface area (Å²) >= 11 is 1.99. The van der Waals surface area contributed by atoms with Gasteiger partial charge < -0.3 is 20.5 Å². The summed E-state index contributed by atoms with van der Waals surface area (Å²) in [6.45, 7) is 1.90. The van der Waals surface area contributed by atoms with Gasteiger partial charge in [-0.3, -0.25) is 4.79 Å². The number of fused-ring (bicyclic) bond motifs is 3. The minimum absolute atomic E-state index is 0.0120. The van der Waals surface area contributed by atoms with Gasteiger partial charge >= 0.3 is 12.1 Å². The number of carboxylic acid groups (broad SMARTS) is 1. The monoisotopic (exact) mass is 570 g/mol. The van der Waals surface area contributed by atoms with E-state index in [9.17, 15) is 19.5 Å². The molecule has 0 spiro atoms. The van der Waals surface area contributed by atoms with Crippen LogP contribution in [-0.2, 0) is 9.53 Å². The average Bonchev–Trinajstić information content (AvgIpc) is 3.10. The van der Waals surface area contributed by atoms with Crippen molar-refractivity contribution in [1.29, 1.82) is 0 Å². The number of hydrogen-bond donors (Lipinski definition) is 3. The molecule has 0 saturated heterocycles. The van der Waals surface area contributed by atoms with Crippen LogP contribution in [0.4, 0.5) is 10.5 Å². The van der Waals surface area contributed by atoms with Gasteiger partial charge in [-0.1, -0.05) is 48.5 Å². The maximum atomic E-state index is 12.4. The lowest BCUT2D eigenvalue weighted by Gasteiger charge is -2.17. The van der Waals surface area contributed by atoms with Gasteiger partial charge in [0.2, 0.25) is 5.91 Å². The Bertz CT molecular complexity index is 1210. The summed E-state index contributed by atoms with van der Waals surface area (Å²) in [5.41, 5.74) is 5.04. The van der Waals surface area contributed by atoms with Gasteiger partial charge in [-0.2, -0.15) is 0 Å². The van der Waals surface area contributed by atoms with Crippen molar-refractivity contribution in [3.8, 4) is 11.1 Å². The SMILES string of the molecule is CC(CC(=O)Nc1cc(I)cc(C(=O)O)c1)NC(=O)OCC1c2ccccc2-c2ccccc21. The van der Waals surface area contributed by atoms with E-state index in [-0.39, 0.29) is 30.4 Å². The number of ether oxygens (including phenoxy) is 1. The highest BCUT2D eigenvalue weighted by molar-refractivity contribution is 14.1. The molecule has 2 amide bonds. The third kappa shape index (κ3) is 5.39. The Hall–Kier alpha value is -3.40. The number of anilines is 1. The highest BCUT2D eigenvalue weighted by atomic mass is 127. The normalized spacial score (nSPS) is 12.9. The van der Waals surface area contributed by atoms with Crippen LogP contribution in [0.25, 0.3) is 11.1 Å². The van der Waals surface area contributed by atoms with E-state index in [1.807, 2.05) is 46.9 Å². The highest BCUT2D eigenvalue weighted by Gasteiger charge is 2.29. The molecule has 1 aliphatic carbocycles. The van der Waals surface area contributed by atoms with Crippen LogP contribution in [0.3, 0.4) is 0 Å². The molecular formula is C26H23IN2O5. The molecule has 0 radical (unpaired) electrons. The van der Waals surface area contributed by atoms with Gasteiger partial charge in [-0.15, -0.1) is 0 Å². The van der Waals surface area contributed by atoms with Gasteiger partial charge in [-0.25, -0.2) is 9.59 Å². The molecule has 1 atom stereocenters. The predicted molar refractivity (Wildman–Crippen MR) is 137 cm³/mol. The van der Waals surface area contributed by atoms with E-state index < -0.39 is 18.1 Å². The van der Waals surface area contributed by atoms with Crippen LogP contribution in [0.1, 0.15) is 40.7 Å². The molecular weight excluding hydrogens is 547 g/mol. The Kier molecular flexibility index (Phi) is 7.16. The molecule has 8 heteroatoms. The Morgan fingerprint density at radius 3 is 2.24 bits per heavy atom. The quantitative estimate of drug-likeness (QED) is 0.337. The number of carbonyl (C=O) groups is 3. The maximum absolute atomic E-state index is 12.4. The van der Waals surface area contributed by atoms with Crippen molar-refractivity contribution in [2.45, 2.75) is 25.3 Å². The number of aromatic carboxylic acids is 1. The summed E-state index contributed by atoms with van der Waals surface area (Å²) in [6, 6.07) is 20.3. The van der Waals surface area contributed by atoms with Crippen molar-refractivity contribution >= 4 is 46.2 Å². The highest BCUT2D eigenvalue weighted by Crippen LogP contribution is 2.44. The van der Waals surface area contributed by atoms with Crippen LogP contribution < -0.4 is 10.6 Å². The zero-order valence-electron chi connectivity index (χ0n) is 18.4. The molecule has 3 aromatic rings. The van der Waals surface area contributed by atoms with Gasteiger partial charge in [0, 0.05) is 27.6 Å². The number of carboxylic acids is 1. The molecule has 1 aliphatic rings. The number of rotatable bonds is 7. The maximum Gasteiger partial charge on any atom is 0.407 e. The van der Waals surface area contributed by atoms with E-state index in [0.717, 1.165) is 22.3 Å². The predicted octanol–water partition coefficient (Wildman–Crippen LogP) is 5.25. The molecule has 174 valence electrons. The lowest BCUT2D eigenvalue weighted by atomic mass is 9.98. The lowest BCUT2D eigenvalue weighted by molar-refractivity contribution is -0.116. The first-order chi connectivity index (χ1) is 16.3. The van der Waals surface area contributed by atoms with E-state index >= 15 is 0 Å². The fraction of sp³-hybridized carbons (Fsp3) is 0.192. The molecule has 1 unspecified atom stereocenters. The van der Waals surface area contributed by atoms with Crippen molar-refractivity contribution in [1.82, 2.24) is 5.32 Å². The zero-order valence-corrected chi connectivity index (χ0v) is 20.5. The molecule has 0 saturated carbocycles. The van der Waals surface area contributed by atoms with Crippen LogP contribution in [0.5, 0.6) is 0 Å². The van der Waals surface area contributed by atoms with Gasteiger partial charge in [-0.05, 0) is 70.0 Å². The molecule has 7 nitrogen and oxygen atoms in total. The zero-order chi connectivity index (χ0) is 24.2. The number of benzene rings is 3. The fourth-order valence-corrected chi connectivity index (χ4v) is 4.84. The summed E-state index contributed by atoms with van der Waals surface area (Å²) in [7, 11) is 0. The second-order valence-electron chi connectivity index (χ2n) is 8.16. The van der Waals surface area contributed by atoms with Crippen LogP contribution in [-0.4, -0.2) is 35.7 Å². The summed E-state index contributed by atoms with van der Waals surface area (Å²) in [4.78, 5) is 36.0. The first-order valence-corrected chi connectivity index (χ1v) is 11.8. The van der Waals surface area contributed by atoms with Crippen LogP contribution in [0.15, 0.2) is 66.7 Å². The van der Waals surface area contributed by atoms with E-state index in [2.05, 4.69) is 34.9 Å². The van der Waals surface area contributed by atoms with E-state index in [0.29, 0.717) is 9.26 Å². The minimum Gasteiger partial charge on any atom is -0.478 e. The van der Waals surface area contributed by atoms with Crippen LogP contribution in [0.2, 0.25) is 0 Å². The largest absolute Gasteiger partial charge is 0.478 e. The number of nitrogens with one attached hydrogen (secondary N) is 2. The summed E-state index contributed by atoms with van der Waals surface area (Å²) in [5.74, 6) is -1.45. The molecule has 0 aliphatic heterocycles. The number of amides is 2. The Balaban J connectivity index is 1.31. The molecule has 0 aromatic heterocycles. The molecule has 0 heterocycles. The number of hydrogen-bond acceptors (Lipinski definition) is 4. The van der Waals surface area contributed by atoms with Crippen molar-refractivity contribution < 1.29 is 24.2 Å². The van der Waals surface area contributed by atoms with E-state index in [1.165, 1.54) is 12.1 Å². The molecule has 34 heavy (non-hydrogen) atoms. The van der Waals surface area contributed by atoms with E-state index in [4.69, 9.17) is 4.74 Å². The minimum atomic E-state index is -1.07. The Labute approximate surface area is 210 Å². The second-order valence-corrected chi connectivity index (χ2v) is 9.40. The lowest BCUT2D eigenvalue weighted by Crippen LogP contribution is -2.36. The molecule has 0 bridgehead atoms. The summed E-state index contributed by atoms with van der Waals surface area (Å²) in [5, 5.41) is 14.5. The molecule has 3 aromatic carbocycles. The third-order valence-electron chi connectivity index (χ3n) is 5.63. The average molecular weight is 570 g/mol. The van der Waals surface area contributed by atoms with Crippen LogP contribution >= 0.6 is 22.6 Å². The first-order valence-electron chi connectivity index (χ1n) is 10.8. The van der Waals surface area contributed by atoms with Crippen LogP contribution in [0, 0.1) is 3.57 Å². The topological polar surface area (TPSA) is 105 Å².